The van der Waals surface area contributed by atoms with Crippen LogP contribution < -0.4 is 5.73 Å². The molecule has 1 aromatic heterocycles. The summed E-state index contributed by atoms with van der Waals surface area (Å²) in [6.45, 7) is 2.96. The molecule has 1 atom stereocenters. The summed E-state index contributed by atoms with van der Waals surface area (Å²) in [5, 5.41) is 4.16. The first kappa shape index (κ1) is 10.6. The highest BCUT2D eigenvalue weighted by Crippen LogP contribution is 2.27. The van der Waals surface area contributed by atoms with Crippen LogP contribution in [0.25, 0.3) is 0 Å². The highest BCUT2D eigenvalue weighted by atomic mass is 15.3. The maximum absolute atomic E-state index is 6.21. The van der Waals surface area contributed by atoms with E-state index < -0.39 is 0 Å². The van der Waals surface area contributed by atoms with E-state index in [1.54, 1.807) is 6.33 Å². The van der Waals surface area contributed by atoms with Crippen molar-refractivity contribution >= 4 is 0 Å². The van der Waals surface area contributed by atoms with E-state index >= 15 is 0 Å². The minimum atomic E-state index is 0.266. The van der Waals surface area contributed by atoms with Crippen LogP contribution in [-0.2, 0) is 13.0 Å². The molecule has 2 N–H and O–H groups in total. The zero-order chi connectivity index (χ0) is 10.7. The van der Waals surface area contributed by atoms with Crippen LogP contribution in [0.1, 0.15) is 38.4 Å². The van der Waals surface area contributed by atoms with Gasteiger partial charge in [-0.15, -0.1) is 0 Å². The van der Waals surface area contributed by atoms with Crippen molar-refractivity contribution in [3.05, 3.63) is 12.2 Å². The molecule has 0 saturated heterocycles. The van der Waals surface area contributed by atoms with Crippen molar-refractivity contribution in [1.82, 2.24) is 14.8 Å². The minimum Gasteiger partial charge on any atom is -0.327 e. The van der Waals surface area contributed by atoms with Gasteiger partial charge in [0.2, 0.25) is 0 Å². The fraction of sp³-hybridized carbons (Fsp3) is 0.818. The second-order valence-electron chi connectivity index (χ2n) is 4.40. The maximum atomic E-state index is 6.21. The molecule has 0 bridgehead atoms. The lowest BCUT2D eigenvalue weighted by atomic mass is 9.96. The number of aryl methyl sites for hydroxylation is 1. The van der Waals surface area contributed by atoms with Gasteiger partial charge >= 0.3 is 0 Å². The molecule has 1 fully saturated rings. The van der Waals surface area contributed by atoms with Gasteiger partial charge in [-0.25, -0.2) is 4.98 Å². The first-order valence-electron chi connectivity index (χ1n) is 5.93. The van der Waals surface area contributed by atoms with Crippen LogP contribution in [-0.4, -0.2) is 20.8 Å². The first-order chi connectivity index (χ1) is 7.31. The molecule has 15 heavy (non-hydrogen) atoms. The van der Waals surface area contributed by atoms with Crippen LogP contribution in [0.5, 0.6) is 0 Å². The smallest absolute Gasteiger partial charge is 0.138 e. The number of nitrogens with two attached hydrogens (primary N) is 1. The lowest BCUT2D eigenvalue weighted by Gasteiger charge is -2.18. The Kier molecular flexibility index (Phi) is 3.36. The SMILES string of the molecule is CCn1ncnc1CC(N)C1CCCC1. The molecule has 2 rings (SSSR count). The molecular formula is C11H20N4. The molecule has 0 aliphatic heterocycles. The fourth-order valence-corrected chi connectivity index (χ4v) is 2.47. The summed E-state index contributed by atoms with van der Waals surface area (Å²) < 4.78 is 1.94. The molecule has 4 nitrogen and oxygen atoms in total. The van der Waals surface area contributed by atoms with E-state index in [9.17, 15) is 0 Å². The van der Waals surface area contributed by atoms with E-state index in [-0.39, 0.29) is 6.04 Å². The topological polar surface area (TPSA) is 56.7 Å². The van der Waals surface area contributed by atoms with Crippen molar-refractivity contribution in [2.75, 3.05) is 0 Å². The summed E-state index contributed by atoms with van der Waals surface area (Å²) in [6.07, 6.45) is 7.78. The van der Waals surface area contributed by atoms with Gasteiger partial charge in [0, 0.05) is 19.0 Å². The molecule has 0 radical (unpaired) electrons. The van der Waals surface area contributed by atoms with Crippen molar-refractivity contribution in [2.24, 2.45) is 11.7 Å². The van der Waals surface area contributed by atoms with Crippen molar-refractivity contribution in [1.29, 1.82) is 0 Å². The summed E-state index contributed by atoms with van der Waals surface area (Å²) in [7, 11) is 0. The average Bonchev–Trinajstić information content (AvgIpc) is 2.87. The van der Waals surface area contributed by atoms with Gasteiger partial charge in [-0.2, -0.15) is 5.10 Å². The molecule has 1 aliphatic carbocycles. The maximum Gasteiger partial charge on any atom is 0.138 e. The van der Waals surface area contributed by atoms with E-state index in [0.29, 0.717) is 5.92 Å². The van der Waals surface area contributed by atoms with E-state index in [1.807, 2.05) is 4.68 Å². The normalized spacial score (nSPS) is 19.6. The average molecular weight is 208 g/mol. The van der Waals surface area contributed by atoms with Crippen LogP contribution in [0.2, 0.25) is 0 Å². The van der Waals surface area contributed by atoms with Crippen LogP contribution in [0, 0.1) is 5.92 Å². The van der Waals surface area contributed by atoms with Gasteiger partial charge < -0.3 is 5.73 Å². The number of nitrogens with zero attached hydrogens (tertiary/aromatic N) is 3. The molecule has 1 heterocycles. The third-order valence-corrected chi connectivity index (χ3v) is 3.42. The zero-order valence-electron chi connectivity index (χ0n) is 9.39. The summed E-state index contributed by atoms with van der Waals surface area (Å²) >= 11 is 0. The first-order valence-corrected chi connectivity index (χ1v) is 5.93. The zero-order valence-corrected chi connectivity index (χ0v) is 9.39. The van der Waals surface area contributed by atoms with Gasteiger partial charge in [0.05, 0.1) is 0 Å². The van der Waals surface area contributed by atoms with Crippen LogP contribution in [0.3, 0.4) is 0 Å². The van der Waals surface area contributed by atoms with Crippen LogP contribution >= 0.6 is 0 Å². The summed E-state index contributed by atoms with van der Waals surface area (Å²) in [5.74, 6) is 1.74. The van der Waals surface area contributed by atoms with Gasteiger partial charge in [0.1, 0.15) is 12.2 Å². The Morgan fingerprint density at radius 2 is 2.27 bits per heavy atom. The van der Waals surface area contributed by atoms with Gasteiger partial charge in [-0.3, -0.25) is 4.68 Å². The Bertz CT molecular complexity index is 301. The van der Waals surface area contributed by atoms with Crippen LogP contribution in [0.4, 0.5) is 0 Å². The Hall–Kier alpha value is -0.900. The van der Waals surface area contributed by atoms with Gasteiger partial charge in [0.15, 0.2) is 0 Å². The monoisotopic (exact) mass is 208 g/mol. The number of aromatic nitrogens is 3. The number of hydrogen-bond acceptors (Lipinski definition) is 3. The molecule has 84 valence electrons. The third kappa shape index (κ3) is 2.37. The molecule has 0 spiro atoms. The summed E-state index contributed by atoms with van der Waals surface area (Å²) in [6, 6.07) is 0.266. The van der Waals surface area contributed by atoms with Gasteiger partial charge in [-0.1, -0.05) is 12.8 Å². The number of rotatable bonds is 4. The molecule has 1 unspecified atom stereocenters. The summed E-state index contributed by atoms with van der Waals surface area (Å²) in [5.41, 5.74) is 6.21. The predicted molar refractivity (Wildman–Crippen MR) is 59.3 cm³/mol. The quantitative estimate of drug-likeness (QED) is 0.812. The van der Waals surface area contributed by atoms with E-state index in [4.69, 9.17) is 5.73 Å². The molecule has 1 saturated carbocycles. The molecule has 1 aliphatic rings. The van der Waals surface area contributed by atoms with Crippen molar-refractivity contribution in [2.45, 2.75) is 51.6 Å². The standard InChI is InChI=1S/C11H20N4/c1-2-15-11(13-8-14-15)7-10(12)9-5-3-4-6-9/h8-10H,2-7,12H2,1H3. The van der Waals surface area contributed by atoms with Gasteiger partial charge in [-0.05, 0) is 25.7 Å². The van der Waals surface area contributed by atoms with E-state index in [0.717, 1.165) is 18.8 Å². The lowest BCUT2D eigenvalue weighted by molar-refractivity contribution is 0.415. The molecule has 0 amide bonds. The largest absolute Gasteiger partial charge is 0.327 e. The highest BCUT2D eigenvalue weighted by Gasteiger charge is 2.23. The van der Waals surface area contributed by atoms with Crippen molar-refractivity contribution in [3.63, 3.8) is 0 Å². The Morgan fingerprint density at radius 3 is 2.93 bits per heavy atom. The molecule has 4 heteroatoms. The third-order valence-electron chi connectivity index (χ3n) is 3.42. The highest BCUT2D eigenvalue weighted by molar-refractivity contribution is 4.92. The second kappa shape index (κ2) is 4.75. The van der Waals surface area contributed by atoms with E-state index in [1.165, 1.54) is 25.7 Å². The lowest BCUT2D eigenvalue weighted by Crippen LogP contribution is -2.31. The van der Waals surface area contributed by atoms with E-state index in [2.05, 4.69) is 17.0 Å². The fourth-order valence-electron chi connectivity index (χ4n) is 2.47. The molecule has 1 aromatic rings. The Morgan fingerprint density at radius 1 is 1.53 bits per heavy atom. The number of hydrogen-bond donors (Lipinski definition) is 1. The van der Waals surface area contributed by atoms with Crippen molar-refractivity contribution < 1.29 is 0 Å². The Labute approximate surface area is 90.9 Å². The van der Waals surface area contributed by atoms with Crippen molar-refractivity contribution in [3.8, 4) is 0 Å². The second-order valence-corrected chi connectivity index (χ2v) is 4.40. The predicted octanol–water partition coefficient (Wildman–Crippen LogP) is 1.36. The Balaban J connectivity index is 1.95. The minimum absolute atomic E-state index is 0.266. The van der Waals surface area contributed by atoms with Crippen LogP contribution in [0.15, 0.2) is 6.33 Å². The summed E-state index contributed by atoms with van der Waals surface area (Å²) in [4.78, 5) is 4.27. The van der Waals surface area contributed by atoms with Gasteiger partial charge in [0.25, 0.3) is 0 Å². The molecular weight excluding hydrogens is 188 g/mol. The molecule has 0 aromatic carbocycles.